The van der Waals surface area contributed by atoms with Crippen LogP contribution in [0.15, 0.2) is 155 Å². The molecule has 0 aliphatic carbocycles. The Bertz CT molecular complexity index is 2810. The number of aromatic nitrogens is 1. The van der Waals surface area contributed by atoms with Crippen molar-refractivity contribution in [3.63, 3.8) is 0 Å². The summed E-state index contributed by atoms with van der Waals surface area (Å²) in [5, 5.41) is 48.0. The molecule has 0 aliphatic heterocycles. The fourth-order valence-electron chi connectivity index (χ4n) is 7.53. The molecular formula is C49H45N5O5. The van der Waals surface area contributed by atoms with Crippen molar-refractivity contribution in [3.8, 4) is 56.0 Å². The summed E-state index contributed by atoms with van der Waals surface area (Å²) in [5.41, 5.74) is 23.8. The molecule has 8 N–H and O–H groups in total. The van der Waals surface area contributed by atoms with E-state index in [1.165, 1.54) is 0 Å². The number of nitrogens with zero attached hydrogens (tertiary/aromatic N) is 3. The Hall–Kier alpha value is -7.59. The minimum Gasteiger partial charge on any atom is -0.508 e. The minimum atomic E-state index is 0.0447. The van der Waals surface area contributed by atoms with Crippen molar-refractivity contribution < 1.29 is 25.0 Å². The van der Waals surface area contributed by atoms with Gasteiger partial charge >= 0.3 is 0 Å². The second kappa shape index (κ2) is 17.7. The zero-order chi connectivity index (χ0) is 41.5. The maximum absolute atomic E-state index is 9.75. The number of fused-ring (bicyclic) bond motifs is 2. The van der Waals surface area contributed by atoms with E-state index in [1.807, 2.05) is 85.1 Å². The molecule has 10 nitrogen and oxygen atoms in total. The predicted molar refractivity (Wildman–Crippen MR) is 236 cm³/mol. The molecule has 10 heteroatoms. The Morgan fingerprint density at radius 3 is 1.71 bits per heavy atom. The largest absolute Gasteiger partial charge is 0.508 e. The third-order valence-electron chi connectivity index (χ3n) is 10.3. The van der Waals surface area contributed by atoms with Crippen LogP contribution in [0.25, 0.3) is 66.2 Å². The molecule has 0 bridgehead atoms. The lowest BCUT2D eigenvalue weighted by Gasteiger charge is -2.18. The number of pyridine rings is 1. The molecule has 0 fully saturated rings. The summed E-state index contributed by atoms with van der Waals surface area (Å²) >= 11 is 0. The summed E-state index contributed by atoms with van der Waals surface area (Å²) in [5.74, 6) is 0.520. The van der Waals surface area contributed by atoms with Crippen LogP contribution in [0.5, 0.6) is 11.5 Å². The van der Waals surface area contributed by atoms with Gasteiger partial charge in [0.2, 0.25) is 0 Å². The number of benzene rings is 6. The molecule has 0 radical (unpaired) electrons. The Morgan fingerprint density at radius 1 is 0.593 bits per heavy atom. The van der Waals surface area contributed by atoms with Crippen LogP contribution in [0, 0.1) is 0 Å². The van der Waals surface area contributed by atoms with Gasteiger partial charge < -0.3 is 36.5 Å². The lowest BCUT2D eigenvalue weighted by Crippen LogP contribution is -2.15. The number of amidine groups is 2. The first-order valence-corrected chi connectivity index (χ1v) is 19.4. The van der Waals surface area contributed by atoms with Crippen molar-refractivity contribution in [1.29, 1.82) is 0 Å². The van der Waals surface area contributed by atoms with Gasteiger partial charge in [0.15, 0.2) is 11.7 Å². The number of rotatable bonds is 10. The van der Waals surface area contributed by atoms with E-state index in [4.69, 9.17) is 15.9 Å². The second-order valence-electron chi connectivity index (χ2n) is 14.3. The summed E-state index contributed by atoms with van der Waals surface area (Å²) in [6, 6.07) is 38.3. The van der Waals surface area contributed by atoms with Crippen molar-refractivity contribution in [1.82, 2.24) is 4.98 Å². The first-order chi connectivity index (χ1) is 28.7. The molecule has 2 aromatic heterocycles. The summed E-state index contributed by atoms with van der Waals surface area (Å²) in [6.07, 6.45) is 8.99. The van der Waals surface area contributed by atoms with Gasteiger partial charge in [-0.25, -0.2) is 0 Å². The Morgan fingerprint density at radius 2 is 1.14 bits per heavy atom. The predicted octanol–water partition coefficient (Wildman–Crippen LogP) is 10.8. The third kappa shape index (κ3) is 8.43. The zero-order valence-corrected chi connectivity index (χ0v) is 32.8. The standard InChI is InChI=1S/C25H23N3O2.C24H22N2O3/c1-2-3-16-12-22(17-6-8-21(29)9-7-17)24(23(13-16)25(26)28-30)19-4-5-20-15-27-11-10-18(20)14-19;1-2-5-15-12-19(16-8-10-17(27)11-9-16)23(20(13-15)24(25)26-28)21-14-29-22-7-4-3-6-18(21)22/h4-15,29-30H,2-3H2,1H3,(H2,26,28);3-4,6-14,27-28H,2,5H2,1H3,(H2,25,26). The number of aryl methyl sites for hydroxylation is 2. The lowest BCUT2D eigenvalue weighted by atomic mass is 9.87. The average molecular weight is 784 g/mol. The highest BCUT2D eigenvalue weighted by molar-refractivity contribution is 6.11. The Kier molecular flexibility index (Phi) is 11.9. The van der Waals surface area contributed by atoms with Crippen LogP contribution in [0.3, 0.4) is 0 Å². The number of oxime groups is 2. The SMILES string of the molecule is CCCc1cc(C(N)=NO)c(-c2ccc3cnccc3c2)c(-c2ccc(O)cc2)c1.CCCc1cc(C(N)=NO)c(-c2coc3ccccc23)c(-c2ccc(O)cc2)c1. The fraction of sp³-hybridized carbons (Fsp3) is 0.122. The van der Waals surface area contributed by atoms with E-state index in [0.29, 0.717) is 11.1 Å². The van der Waals surface area contributed by atoms with Gasteiger partial charge in [-0.15, -0.1) is 0 Å². The van der Waals surface area contributed by atoms with E-state index in [0.717, 1.165) is 103 Å². The van der Waals surface area contributed by atoms with Crippen LogP contribution in [0.4, 0.5) is 0 Å². The molecule has 8 rings (SSSR count). The summed E-state index contributed by atoms with van der Waals surface area (Å²) in [7, 11) is 0. The second-order valence-corrected chi connectivity index (χ2v) is 14.3. The highest BCUT2D eigenvalue weighted by Crippen LogP contribution is 2.42. The quantitative estimate of drug-likeness (QED) is 0.0342. The molecule has 0 aliphatic rings. The van der Waals surface area contributed by atoms with Gasteiger partial charge in [0.1, 0.15) is 17.1 Å². The lowest BCUT2D eigenvalue weighted by molar-refractivity contribution is 0.318. The third-order valence-corrected chi connectivity index (χ3v) is 10.3. The number of furan rings is 1. The van der Waals surface area contributed by atoms with Crippen molar-refractivity contribution in [2.45, 2.75) is 39.5 Å². The summed E-state index contributed by atoms with van der Waals surface area (Å²) in [6.45, 7) is 4.23. The summed E-state index contributed by atoms with van der Waals surface area (Å²) in [4.78, 5) is 4.18. The van der Waals surface area contributed by atoms with Gasteiger partial charge in [-0.1, -0.05) is 104 Å². The first-order valence-electron chi connectivity index (χ1n) is 19.4. The molecule has 0 saturated heterocycles. The number of aromatic hydroxyl groups is 2. The molecular weight excluding hydrogens is 739 g/mol. The van der Waals surface area contributed by atoms with Crippen LogP contribution in [-0.2, 0) is 12.8 Å². The van der Waals surface area contributed by atoms with Crippen LogP contribution < -0.4 is 11.5 Å². The first kappa shape index (κ1) is 39.6. The maximum Gasteiger partial charge on any atom is 0.170 e. The number of nitrogens with two attached hydrogens (primary N) is 2. The Labute approximate surface area is 342 Å². The van der Waals surface area contributed by atoms with Crippen molar-refractivity contribution in [2.24, 2.45) is 21.8 Å². The van der Waals surface area contributed by atoms with Crippen LogP contribution >= 0.6 is 0 Å². The normalized spacial score (nSPS) is 11.8. The molecule has 0 amide bonds. The van der Waals surface area contributed by atoms with E-state index >= 15 is 0 Å². The van der Waals surface area contributed by atoms with Gasteiger partial charge in [-0.2, -0.15) is 0 Å². The van der Waals surface area contributed by atoms with E-state index in [9.17, 15) is 20.6 Å². The zero-order valence-electron chi connectivity index (χ0n) is 32.8. The smallest absolute Gasteiger partial charge is 0.170 e. The molecule has 296 valence electrons. The molecule has 59 heavy (non-hydrogen) atoms. The van der Waals surface area contributed by atoms with Crippen LogP contribution in [0.2, 0.25) is 0 Å². The minimum absolute atomic E-state index is 0.0447. The molecule has 0 atom stereocenters. The molecule has 0 unspecified atom stereocenters. The molecule has 0 spiro atoms. The topological polar surface area (TPSA) is 184 Å². The van der Waals surface area contributed by atoms with Gasteiger partial charge in [-0.3, -0.25) is 4.98 Å². The van der Waals surface area contributed by atoms with Crippen molar-refractivity contribution >= 4 is 33.4 Å². The molecule has 8 aromatic rings. The monoisotopic (exact) mass is 783 g/mol. The molecule has 6 aromatic carbocycles. The number of phenolic OH excluding ortho intramolecular Hbond substituents is 2. The van der Waals surface area contributed by atoms with Gasteiger partial charge in [0.25, 0.3) is 0 Å². The highest BCUT2D eigenvalue weighted by atomic mass is 16.4. The molecule has 0 saturated carbocycles. The Balaban J connectivity index is 0.000000179. The number of para-hydroxylation sites is 1. The number of phenols is 2. The summed E-state index contributed by atoms with van der Waals surface area (Å²) < 4.78 is 5.78. The van der Waals surface area contributed by atoms with E-state index in [-0.39, 0.29) is 23.2 Å². The van der Waals surface area contributed by atoms with Gasteiger partial charge in [0.05, 0.1) is 6.26 Å². The van der Waals surface area contributed by atoms with Crippen molar-refractivity contribution in [3.05, 3.63) is 162 Å². The average Bonchev–Trinajstić information content (AvgIpc) is 3.70. The van der Waals surface area contributed by atoms with Gasteiger partial charge in [-0.05, 0) is 112 Å². The number of hydrogen-bond acceptors (Lipinski definition) is 8. The fourth-order valence-corrected chi connectivity index (χ4v) is 7.53. The number of hydrogen-bond donors (Lipinski definition) is 6. The van der Waals surface area contributed by atoms with Crippen LogP contribution in [-0.4, -0.2) is 37.3 Å². The van der Waals surface area contributed by atoms with Crippen LogP contribution in [0.1, 0.15) is 48.9 Å². The van der Waals surface area contributed by atoms with E-state index in [2.05, 4.69) is 47.3 Å². The van der Waals surface area contributed by atoms with E-state index in [1.54, 1.807) is 36.7 Å². The van der Waals surface area contributed by atoms with Crippen molar-refractivity contribution in [2.75, 3.05) is 0 Å². The van der Waals surface area contributed by atoms with E-state index < -0.39 is 0 Å². The highest BCUT2D eigenvalue weighted by Gasteiger charge is 2.21. The van der Waals surface area contributed by atoms with Gasteiger partial charge in [0, 0.05) is 51.0 Å². The maximum atomic E-state index is 9.75. The molecule has 2 heterocycles.